The van der Waals surface area contributed by atoms with Crippen molar-refractivity contribution < 1.29 is 0 Å². The molecule has 0 aromatic carbocycles. The second kappa shape index (κ2) is 6.27. The monoisotopic (exact) mass is 238 g/mol. The van der Waals surface area contributed by atoms with Gasteiger partial charge in [-0.15, -0.1) is 11.3 Å². The molecule has 5 heteroatoms. The van der Waals surface area contributed by atoms with E-state index in [-0.39, 0.29) is 0 Å². The molecule has 3 N–H and O–H groups in total. The number of guanidine groups is 1. The predicted molar refractivity (Wildman–Crippen MR) is 69.9 cm³/mol. The molecule has 1 aromatic rings. The van der Waals surface area contributed by atoms with E-state index in [4.69, 9.17) is 5.73 Å². The van der Waals surface area contributed by atoms with Gasteiger partial charge in [-0.2, -0.15) is 0 Å². The highest BCUT2D eigenvalue weighted by Crippen LogP contribution is 2.10. The Bertz CT molecular complexity index is 381. The van der Waals surface area contributed by atoms with Crippen LogP contribution >= 0.6 is 11.3 Å². The van der Waals surface area contributed by atoms with Crippen molar-refractivity contribution >= 4 is 17.3 Å². The van der Waals surface area contributed by atoms with Gasteiger partial charge in [-0.1, -0.05) is 12.2 Å². The summed E-state index contributed by atoms with van der Waals surface area (Å²) in [5.74, 6) is 0.469. The van der Waals surface area contributed by atoms with E-state index in [1.165, 1.54) is 4.88 Å². The minimum absolute atomic E-state index is 0.469. The van der Waals surface area contributed by atoms with E-state index < -0.39 is 0 Å². The number of aliphatic imine (C=N–C) groups is 1. The highest BCUT2D eigenvalue weighted by atomic mass is 32.1. The Hall–Kier alpha value is -1.36. The lowest BCUT2D eigenvalue weighted by molar-refractivity contribution is 0.846. The summed E-state index contributed by atoms with van der Waals surface area (Å²) in [4.78, 5) is 9.63. The maximum atomic E-state index is 5.67. The first kappa shape index (κ1) is 12.7. The molecule has 0 fully saturated rings. The molecule has 0 atom stereocenters. The lowest BCUT2D eigenvalue weighted by Gasteiger charge is -2.03. The van der Waals surface area contributed by atoms with Crippen molar-refractivity contribution in [3.63, 3.8) is 0 Å². The van der Waals surface area contributed by atoms with Crippen LogP contribution in [-0.4, -0.2) is 24.0 Å². The molecule has 0 aliphatic heterocycles. The number of thiazole rings is 1. The topological polar surface area (TPSA) is 63.3 Å². The van der Waals surface area contributed by atoms with Crippen molar-refractivity contribution in [2.45, 2.75) is 20.3 Å². The number of rotatable bonds is 5. The molecule has 1 rings (SSSR count). The zero-order valence-electron chi connectivity index (χ0n) is 9.79. The van der Waals surface area contributed by atoms with Crippen molar-refractivity contribution in [2.75, 3.05) is 13.1 Å². The molecule has 0 aliphatic rings. The van der Waals surface area contributed by atoms with Crippen LogP contribution in [0.15, 0.2) is 23.3 Å². The second-order valence-corrected chi connectivity index (χ2v) is 5.02. The summed E-state index contributed by atoms with van der Waals surface area (Å²) in [5, 5.41) is 4.17. The highest BCUT2D eigenvalue weighted by molar-refractivity contribution is 7.11. The molecule has 0 aliphatic carbocycles. The van der Waals surface area contributed by atoms with Crippen molar-refractivity contribution in [1.82, 2.24) is 10.3 Å². The molecule has 0 radical (unpaired) electrons. The van der Waals surface area contributed by atoms with Crippen LogP contribution in [0.2, 0.25) is 0 Å². The summed E-state index contributed by atoms with van der Waals surface area (Å²) in [7, 11) is 0. The fourth-order valence-electron chi connectivity index (χ4n) is 1.09. The Kier molecular flexibility index (Phi) is 4.98. The number of hydrogen-bond acceptors (Lipinski definition) is 3. The third-order valence-corrected chi connectivity index (χ3v) is 2.81. The summed E-state index contributed by atoms with van der Waals surface area (Å²) < 4.78 is 0. The number of nitrogens with zero attached hydrogens (tertiary/aromatic N) is 2. The van der Waals surface area contributed by atoms with Crippen molar-refractivity contribution in [3.05, 3.63) is 28.2 Å². The van der Waals surface area contributed by atoms with Gasteiger partial charge in [0.1, 0.15) is 0 Å². The molecule has 0 spiro atoms. The summed E-state index contributed by atoms with van der Waals surface area (Å²) in [5.41, 5.74) is 6.67. The Morgan fingerprint density at radius 3 is 3.00 bits per heavy atom. The van der Waals surface area contributed by atoms with Gasteiger partial charge in [0, 0.05) is 24.0 Å². The zero-order chi connectivity index (χ0) is 12.0. The lowest BCUT2D eigenvalue weighted by Crippen LogP contribution is -2.33. The molecule has 1 aromatic heterocycles. The quantitative estimate of drug-likeness (QED) is 0.464. The molecule has 0 unspecified atom stereocenters. The Morgan fingerprint density at radius 2 is 2.44 bits per heavy atom. The summed E-state index contributed by atoms with van der Waals surface area (Å²) in [6.07, 6.45) is 2.76. The first-order valence-corrected chi connectivity index (χ1v) is 5.99. The standard InChI is InChI=1S/C11H18N4S/c1-8(2)6-15-11(12)13-5-4-10-14-7-9(3)16-10/h7H,1,4-6H2,2-3H3,(H3,12,13,15). The minimum Gasteiger partial charge on any atom is -0.370 e. The number of aryl methyl sites for hydroxylation is 1. The molecule has 16 heavy (non-hydrogen) atoms. The third kappa shape index (κ3) is 4.93. The third-order valence-electron chi connectivity index (χ3n) is 1.83. The van der Waals surface area contributed by atoms with E-state index in [0.29, 0.717) is 12.5 Å². The molecule has 0 saturated carbocycles. The predicted octanol–water partition coefficient (Wildman–Crippen LogP) is 1.47. The van der Waals surface area contributed by atoms with Gasteiger partial charge in [-0.25, -0.2) is 9.98 Å². The van der Waals surface area contributed by atoms with Gasteiger partial charge in [0.25, 0.3) is 0 Å². The maximum absolute atomic E-state index is 5.67. The Labute approximate surface area is 100 Å². The minimum atomic E-state index is 0.469. The van der Waals surface area contributed by atoms with E-state index in [0.717, 1.165) is 23.5 Å². The van der Waals surface area contributed by atoms with Crippen LogP contribution in [0.5, 0.6) is 0 Å². The average molecular weight is 238 g/mol. The zero-order valence-corrected chi connectivity index (χ0v) is 10.6. The second-order valence-electron chi connectivity index (χ2n) is 3.70. The van der Waals surface area contributed by atoms with Crippen molar-refractivity contribution in [1.29, 1.82) is 0 Å². The van der Waals surface area contributed by atoms with Gasteiger partial charge >= 0.3 is 0 Å². The molecule has 1 heterocycles. The molecule has 0 saturated heterocycles. The molecular weight excluding hydrogens is 220 g/mol. The molecule has 0 bridgehead atoms. The van der Waals surface area contributed by atoms with Crippen LogP contribution in [0, 0.1) is 6.92 Å². The maximum Gasteiger partial charge on any atom is 0.188 e. The van der Waals surface area contributed by atoms with Gasteiger partial charge in [-0.05, 0) is 13.8 Å². The normalized spacial score (nSPS) is 11.5. The summed E-state index contributed by atoms with van der Waals surface area (Å²) >= 11 is 1.71. The van der Waals surface area contributed by atoms with Crippen molar-refractivity contribution in [2.24, 2.45) is 10.7 Å². The summed E-state index contributed by atoms with van der Waals surface area (Å²) in [6.45, 7) is 9.08. The fraction of sp³-hybridized carbons (Fsp3) is 0.455. The molecule has 4 nitrogen and oxygen atoms in total. The van der Waals surface area contributed by atoms with E-state index in [1.54, 1.807) is 11.3 Å². The largest absolute Gasteiger partial charge is 0.370 e. The van der Waals surface area contributed by atoms with Crippen LogP contribution in [0.1, 0.15) is 16.8 Å². The molecule has 88 valence electrons. The molecular formula is C11H18N4S. The SMILES string of the molecule is C=C(C)CN=C(N)NCCc1ncc(C)s1. The van der Waals surface area contributed by atoms with E-state index in [9.17, 15) is 0 Å². The van der Waals surface area contributed by atoms with Gasteiger partial charge < -0.3 is 11.1 Å². The highest BCUT2D eigenvalue weighted by Gasteiger charge is 1.98. The molecule has 0 amide bonds. The van der Waals surface area contributed by atoms with Crippen LogP contribution in [0.3, 0.4) is 0 Å². The summed E-state index contributed by atoms with van der Waals surface area (Å²) in [6, 6.07) is 0. The number of hydrogen-bond donors (Lipinski definition) is 2. The van der Waals surface area contributed by atoms with E-state index in [2.05, 4.69) is 28.8 Å². The van der Waals surface area contributed by atoms with Crippen molar-refractivity contribution in [3.8, 4) is 0 Å². The fourth-order valence-corrected chi connectivity index (χ4v) is 1.88. The number of aromatic nitrogens is 1. The first-order valence-electron chi connectivity index (χ1n) is 5.17. The van der Waals surface area contributed by atoms with Crippen LogP contribution in [0.25, 0.3) is 0 Å². The van der Waals surface area contributed by atoms with E-state index in [1.807, 2.05) is 13.1 Å². The number of nitrogens with two attached hydrogens (primary N) is 1. The van der Waals surface area contributed by atoms with Gasteiger partial charge in [0.2, 0.25) is 0 Å². The van der Waals surface area contributed by atoms with Crippen LogP contribution in [-0.2, 0) is 6.42 Å². The Balaban J connectivity index is 2.25. The van der Waals surface area contributed by atoms with Crippen LogP contribution in [0.4, 0.5) is 0 Å². The smallest absolute Gasteiger partial charge is 0.188 e. The van der Waals surface area contributed by atoms with Gasteiger partial charge in [0.15, 0.2) is 5.96 Å². The lowest BCUT2D eigenvalue weighted by atomic mass is 10.4. The van der Waals surface area contributed by atoms with Crippen LogP contribution < -0.4 is 11.1 Å². The average Bonchev–Trinajstić information content (AvgIpc) is 2.61. The van der Waals surface area contributed by atoms with E-state index >= 15 is 0 Å². The van der Waals surface area contributed by atoms with Gasteiger partial charge in [0.05, 0.1) is 11.6 Å². The number of nitrogens with one attached hydrogen (secondary N) is 1. The first-order chi connectivity index (χ1) is 7.58. The Morgan fingerprint density at radius 1 is 1.69 bits per heavy atom. The van der Waals surface area contributed by atoms with Gasteiger partial charge in [-0.3, -0.25) is 0 Å².